The van der Waals surface area contributed by atoms with Gasteiger partial charge in [-0.1, -0.05) is 30.3 Å². The number of aryl methyl sites for hydroxylation is 1. The summed E-state index contributed by atoms with van der Waals surface area (Å²) >= 11 is 0. The summed E-state index contributed by atoms with van der Waals surface area (Å²) in [6.45, 7) is 6.71. The molecule has 2 aliphatic rings. The van der Waals surface area contributed by atoms with Gasteiger partial charge in [-0.3, -0.25) is 4.90 Å². The molecule has 3 N–H and O–H groups in total. The highest BCUT2D eigenvalue weighted by Crippen LogP contribution is 2.35. The van der Waals surface area contributed by atoms with Crippen molar-refractivity contribution in [1.82, 2.24) is 9.88 Å². The number of hydrogen-bond donors (Lipinski definition) is 2. The van der Waals surface area contributed by atoms with Gasteiger partial charge in [0, 0.05) is 37.1 Å². The van der Waals surface area contributed by atoms with E-state index in [1.807, 2.05) is 30.3 Å². The minimum Gasteiger partial charge on any atom is -0.491 e. The van der Waals surface area contributed by atoms with E-state index in [2.05, 4.69) is 33.0 Å². The zero-order valence-electron chi connectivity index (χ0n) is 20.5. The van der Waals surface area contributed by atoms with E-state index in [0.717, 1.165) is 93.9 Å². The van der Waals surface area contributed by atoms with E-state index in [4.69, 9.17) is 10.5 Å². The number of unbranched alkanes of at least 4 members (excludes halogenated alkanes) is 1. The van der Waals surface area contributed by atoms with Crippen LogP contribution in [-0.4, -0.2) is 61.8 Å². The van der Waals surface area contributed by atoms with E-state index in [9.17, 15) is 4.79 Å². The van der Waals surface area contributed by atoms with Gasteiger partial charge >= 0.3 is 6.03 Å². The van der Waals surface area contributed by atoms with Crippen LogP contribution in [0.1, 0.15) is 37.7 Å². The van der Waals surface area contributed by atoms with Gasteiger partial charge in [-0.15, -0.1) is 0 Å². The Balaban J connectivity index is 1.13. The van der Waals surface area contributed by atoms with Gasteiger partial charge in [0.05, 0.1) is 12.3 Å². The number of carbonyl (C=O) groups is 1. The number of aromatic nitrogens is 1. The van der Waals surface area contributed by atoms with Crippen LogP contribution in [0.4, 0.5) is 16.3 Å². The van der Waals surface area contributed by atoms with Crippen molar-refractivity contribution in [2.24, 2.45) is 5.73 Å². The molecule has 7 heteroatoms. The smallest absolute Gasteiger partial charge is 0.320 e. The Hall–Kier alpha value is -3.19. The Bertz CT molecular complexity index is 1110. The zero-order chi connectivity index (χ0) is 24.0. The quantitative estimate of drug-likeness (QED) is 0.483. The minimum absolute atomic E-state index is 0.411. The lowest BCUT2D eigenvalue weighted by Crippen LogP contribution is -2.37. The topological polar surface area (TPSA) is 77.8 Å². The van der Waals surface area contributed by atoms with Gasteiger partial charge in [0.25, 0.3) is 0 Å². The third-order valence-corrected chi connectivity index (χ3v) is 7.27. The molecule has 1 aromatic heterocycles. The standard InChI is InChI=1S/C28H37N5O2/c29-28(34)33(26-21-23-10-1-2-12-24(23)30-26)17-5-4-14-31-15-8-16-32(19-18-31)25-13-7-11-22-9-3-6-20-35-27(22)25/h1-2,7,10-13,21,30H,3-6,8-9,14-20H2,(H2,29,34). The van der Waals surface area contributed by atoms with E-state index in [0.29, 0.717) is 6.54 Å². The van der Waals surface area contributed by atoms with Gasteiger partial charge in [0.1, 0.15) is 11.6 Å². The Kier molecular flexibility index (Phi) is 7.42. The van der Waals surface area contributed by atoms with Crippen molar-refractivity contribution in [3.05, 3.63) is 54.1 Å². The van der Waals surface area contributed by atoms with Gasteiger partial charge in [0.15, 0.2) is 0 Å². The molecule has 0 bridgehead atoms. The second kappa shape index (κ2) is 11.0. The molecule has 1 fully saturated rings. The molecule has 1 saturated heterocycles. The number of nitrogens with two attached hydrogens (primary N) is 1. The lowest BCUT2D eigenvalue weighted by atomic mass is 10.1. The zero-order valence-corrected chi connectivity index (χ0v) is 20.5. The molecule has 0 unspecified atom stereocenters. The molecular weight excluding hydrogens is 438 g/mol. The maximum atomic E-state index is 12.1. The van der Waals surface area contributed by atoms with Crippen LogP contribution in [-0.2, 0) is 6.42 Å². The summed E-state index contributed by atoms with van der Waals surface area (Å²) in [5.74, 6) is 1.88. The minimum atomic E-state index is -0.411. The van der Waals surface area contributed by atoms with Crippen molar-refractivity contribution < 1.29 is 9.53 Å². The van der Waals surface area contributed by atoms with Gasteiger partial charge in [-0.25, -0.2) is 4.79 Å². The number of aromatic amines is 1. The molecular formula is C28H37N5O2. The molecule has 5 rings (SSSR count). The normalized spacial score (nSPS) is 16.9. The second-order valence-electron chi connectivity index (χ2n) is 9.69. The lowest BCUT2D eigenvalue weighted by Gasteiger charge is -2.26. The van der Waals surface area contributed by atoms with Crippen LogP contribution in [0.2, 0.25) is 0 Å². The summed E-state index contributed by atoms with van der Waals surface area (Å²) < 4.78 is 6.18. The van der Waals surface area contributed by atoms with Gasteiger partial charge in [0.2, 0.25) is 0 Å². The van der Waals surface area contributed by atoms with Crippen LogP contribution in [0.3, 0.4) is 0 Å². The van der Waals surface area contributed by atoms with Crippen LogP contribution in [0.25, 0.3) is 10.9 Å². The average Bonchev–Trinajstić information content (AvgIpc) is 3.00. The maximum absolute atomic E-state index is 12.1. The fourth-order valence-corrected chi connectivity index (χ4v) is 5.37. The highest BCUT2D eigenvalue weighted by molar-refractivity contribution is 5.94. The molecule has 0 radical (unpaired) electrons. The molecule has 2 aliphatic heterocycles. The van der Waals surface area contributed by atoms with Crippen LogP contribution in [0.15, 0.2) is 48.5 Å². The number of rotatable bonds is 7. The number of hydrogen-bond acceptors (Lipinski definition) is 4. The van der Waals surface area contributed by atoms with Crippen molar-refractivity contribution in [1.29, 1.82) is 0 Å². The Morgan fingerprint density at radius 3 is 2.80 bits per heavy atom. The largest absolute Gasteiger partial charge is 0.491 e. The summed E-state index contributed by atoms with van der Waals surface area (Å²) in [5.41, 5.74) is 9.35. The fraction of sp³-hybridized carbons (Fsp3) is 0.464. The van der Waals surface area contributed by atoms with Crippen molar-refractivity contribution in [3.8, 4) is 5.75 Å². The van der Waals surface area contributed by atoms with Gasteiger partial charge in [-0.05, 0) is 75.4 Å². The number of benzene rings is 2. The number of anilines is 2. The summed E-state index contributed by atoms with van der Waals surface area (Å²) in [5, 5.41) is 1.09. The Morgan fingerprint density at radius 1 is 1.00 bits per heavy atom. The molecule has 0 spiro atoms. The van der Waals surface area contributed by atoms with E-state index < -0.39 is 6.03 Å². The third-order valence-electron chi connectivity index (χ3n) is 7.27. The monoisotopic (exact) mass is 475 g/mol. The Morgan fingerprint density at radius 2 is 1.91 bits per heavy atom. The maximum Gasteiger partial charge on any atom is 0.320 e. The van der Waals surface area contributed by atoms with Crippen LogP contribution in [0, 0.1) is 0 Å². The predicted molar refractivity (Wildman–Crippen MR) is 143 cm³/mol. The third kappa shape index (κ3) is 5.56. The number of amides is 2. The molecule has 35 heavy (non-hydrogen) atoms. The van der Waals surface area contributed by atoms with Crippen LogP contribution in [0.5, 0.6) is 5.75 Å². The average molecular weight is 476 g/mol. The van der Waals surface area contributed by atoms with Gasteiger partial charge < -0.3 is 25.3 Å². The molecule has 0 aliphatic carbocycles. The summed E-state index contributed by atoms with van der Waals surface area (Å²) in [6, 6.07) is 16.3. The number of nitrogens with one attached hydrogen (secondary N) is 1. The molecule has 7 nitrogen and oxygen atoms in total. The Labute approximate surface area is 207 Å². The molecule has 2 amide bonds. The molecule has 0 saturated carbocycles. The number of nitrogens with zero attached hydrogens (tertiary/aromatic N) is 3. The lowest BCUT2D eigenvalue weighted by molar-refractivity contribution is 0.253. The van der Waals surface area contributed by atoms with Gasteiger partial charge in [-0.2, -0.15) is 0 Å². The van der Waals surface area contributed by atoms with Crippen molar-refractivity contribution in [3.63, 3.8) is 0 Å². The van der Waals surface area contributed by atoms with E-state index in [-0.39, 0.29) is 0 Å². The van der Waals surface area contributed by atoms with Crippen molar-refractivity contribution in [2.75, 3.05) is 55.7 Å². The first-order valence-electron chi connectivity index (χ1n) is 13.1. The number of ether oxygens (including phenoxy) is 1. The SMILES string of the molecule is NC(=O)N(CCCCN1CCCN(c2cccc3c2OCCCC3)CC1)c1cc2ccccc2[nH]1. The van der Waals surface area contributed by atoms with Crippen molar-refractivity contribution >= 4 is 28.4 Å². The number of H-pyrrole nitrogens is 1. The van der Waals surface area contributed by atoms with E-state index in [1.54, 1.807) is 4.90 Å². The highest BCUT2D eigenvalue weighted by Gasteiger charge is 2.21. The first kappa shape index (κ1) is 23.5. The number of fused-ring (bicyclic) bond motifs is 2. The first-order valence-corrected chi connectivity index (χ1v) is 13.1. The van der Waals surface area contributed by atoms with Crippen molar-refractivity contribution in [2.45, 2.75) is 38.5 Å². The number of para-hydroxylation sites is 2. The molecule has 3 aromatic rings. The second-order valence-corrected chi connectivity index (χ2v) is 9.69. The molecule has 2 aromatic carbocycles. The number of urea groups is 1. The van der Waals surface area contributed by atoms with Crippen LogP contribution >= 0.6 is 0 Å². The van der Waals surface area contributed by atoms with E-state index >= 15 is 0 Å². The van der Waals surface area contributed by atoms with E-state index in [1.165, 1.54) is 17.7 Å². The number of primary amides is 1. The molecule has 3 heterocycles. The fourth-order valence-electron chi connectivity index (χ4n) is 5.37. The molecule has 0 atom stereocenters. The summed E-state index contributed by atoms with van der Waals surface area (Å²) in [4.78, 5) is 22.2. The summed E-state index contributed by atoms with van der Waals surface area (Å²) in [6.07, 6.45) is 6.55. The summed E-state index contributed by atoms with van der Waals surface area (Å²) in [7, 11) is 0. The number of carbonyl (C=O) groups excluding carboxylic acids is 1. The predicted octanol–water partition coefficient (Wildman–Crippen LogP) is 4.76. The molecule has 186 valence electrons. The van der Waals surface area contributed by atoms with Crippen LogP contribution < -0.4 is 20.3 Å². The highest BCUT2D eigenvalue weighted by atomic mass is 16.5. The first-order chi connectivity index (χ1) is 17.2.